The van der Waals surface area contributed by atoms with Gasteiger partial charge in [-0.2, -0.15) is 5.10 Å². The summed E-state index contributed by atoms with van der Waals surface area (Å²) in [6.45, 7) is 6.01. The number of carbonyl (C=O) groups excluding carboxylic acids is 1. The van der Waals surface area contributed by atoms with Gasteiger partial charge in [0.1, 0.15) is 17.4 Å². The number of nitrogens with one attached hydrogen (secondary N) is 1. The van der Waals surface area contributed by atoms with Gasteiger partial charge in [0.25, 0.3) is 5.56 Å². The van der Waals surface area contributed by atoms with Crippen LogP contribution in [-0.2, 0) is 4.79 Å². The van der Waals surface area contributed by atoms with Gasteiger partial charge in [-0.05, 0) is 49.6 Å². The topological polar surface area (TPSA) is 68.4 Å². The molecular weight excluding hydrogens is 360 g/mol. The highest BCUT2D eigenvalue weighted by molar-refractivity contribution is 7.17. The van der Waals surface area contributed by atoms with Gasteiger partial charge in [0.05, 0.1) is 10.2 Å². The number of hydrogen-bond donors (Lipinski definition) is 1. The maximum absolute atomic E-state index is 13.1. The van der Waals surface area contributed by atoms with Gasteiger partial charge in [-0.3, -0.25) is 14.0 Å². The van der Waals surface area contributed by atoms with Gasteiger partial charge in [-0.1, -0.05) is 26.7 Å². The van der Waals surface area contributed by atoms with Gasteiger partial charge in [0, 0.05) is 6.04 Å². The van der Waals surface area contributed by atoms with Crippen LogP contribution < -0.4 is 10.9 Å². The molecule has 27 heavy (non-hydrogen) atoms. The summed E-state index contributed by atoms with van der Waals surface area (Å²) in [6, 6.07) is 3.52. The highest BCUT2D eigenvalue weighted by Gasteiger charge is 2.28. The number of rotatable bonds is 4. The van der Waals surface area contributed by atoms with Gasteiger partial charge >= 0.3 is 0 Å². The van der Waals surface area contributed by atoms with E-state index in [-0.39, 0.29) is 17.5 Å². The molecule has 1 aliphatic carbocycles. The summed E-state index contributed by atoms with van der Waals surface area (Å²) in [5, 5.41) is 9.72. The molecule has 0 unspecified atom stereocenters. The lowest BCUT2D eigenvalue weighted by molar-refractivity contribution is -0.126. The van der Waals surface area contributed by atoms with E-state index in [0.29, 0.717) is 17.9 Å². The fourth-order valence-corrected chi connectivity index (χ4v) is 5.09. The molecule has 3 heterocycles. The van der Waals surface area contributed by atoms with Gasteiger partial charge in [0.2, 0.25) is 5.91 Å². The minimum absolute atomic E-state index is 0.0945. The van der Waals surface area contributed by atoms with Crippen LogP contribution in [0.2, 0.25) is 0 Å². The quantitative estimate of drug-likeness (QED) is 0.744. The Balaban J connectivity index is 1.71. The fourth-order valence-electron chi connectivity index (χ4n) is 4.29. The maximum Gasteiger partial charge on any atom is 0.291 e. The Bertz CT molecular complexity index is 1050. The molecule has 0 radical (unpaired) electrons. The van der Waals surface area contributed by atoms with Crippen LogP contribution in [0.1, 0.15) is 57.8 Å². The highest BCUT2D eigenvalue weighted by Crippen LogP contribution is 2.26. The first kappa shape index (κ1) is 18.2. The van der Waals surface area contributed by atoms with Crippen LogP contribution in [0, 0.1) is 12.8 Å². The number of aryl methyl sites for hydroxylation is 1. The molecule has 7 heteroatoms. The smallest absolute Gasteiger partial charge is 0.291 e. The number of fused-ring (bicyclic) bond motifs is 3. The predicted molar refractivity (Wildman–Crippen MR) is 108 cm³/mol. The molecule has 3 aromatic rings. The Morgan fingerprint density at radius 1 is 1.37 bits per heavy atom. The molecule has 3 aromatic heterocycles. The first-order valence-corrected chi connectivity index (χ1v) is 10.7. The van der Waals surface area contributed by atoms with E-state index in [4.69, 9.17) is 0 Å². The third kappa shape index (κ3) is 3.08. The van der Waals surface area contributed by atoms with E-state index in [2.05, 4.69) is 17.3 Å². The zero-order chi connectivity index (χ0) is 19.1. The minimum Gasteiger partial charge on any atom is -0.351 e. The second-order valence-corrected chi connectivity index (χ2v) is 8.58. The lowest BCUT2D eigenvalue weighted by atomic mass is 9.86. The summed E-state index contributed by atoms with van der Waals surface area (Å²) in [7, 11) is 0. The van der Waals surface area contributed by atoms with E-state index in [1.807, 2.05) is 35.8 Å². The van der Waals surface area contributed by atoms with Gasteiger partial charge in [-0.15, -0.1) is 11.3 Å². The number of amides is 1. The molecule has 1 amide bonds. The molecule has 3 atom stereocenters. The fraction of sp³-hybridized carbons (Fsp3) is 0.550. The van der Waals surface area contributed by atoms with Crippen molar-refractivity contribution in [1.29, 1.82) is 0 Å². The minimum atomic E-state index is -0.580. The van der Waals surface area contributed by atoms with E-state index in [1.165, 1.54) is 11.1 Å². The number of aromatic nitrogens is 3. The first-order chi connectivity index (χ1) is 13.0. The third-order valence-corrected chi connectivity index (χ3v) is 6.70. The van der Waals surface area contributed by atoms with Crippen LogP contribution >= 0.6 is 11.3 Å². The summed E-state index contributed by atoms with van der Waals surface area (Å²) in [6.07, 6.45) is 5.07. The lowest BCUT2D eigenvalue weighted by Gasteiger charge is -2.31. The summed E-state index contributed by atoms with van der Waals surface area (Å²) in [5.41, 5.74) is 1.38. The summed E-state index contributed by atoms with van der Waals surface area (Å²) in [5.74, 6) is 1.10. The van der Waals surface area contributed by atoms with Crippen LogP contribution in [0.25, 0.3) is 15.7 Å². The molecule has 1 aliphatic rings. The van der Waals surface area contributed by atoms with Crippen molar-refractivity contribution < 1.29 is 4.79 Å². The summed E-state index contributed by atoms with van der Waals surface area (Å²) in [4.78, 5) is 26.1. The molecule has 1 N–H and O–H groups in total. The normalized spacial score (nSPS) is 21.6. The number of hydrogen-bond acceptors (Lipinski definition) is 4. The van der Waals surface area contributed by atoms with Crippen LogP contribution in [0.5, 0.6) is 0 Å². The van der Waals surface area contributed by atoms with Crippen molar-refractivity contribution in [2.45, 2.75) is 65.0 Å². The van der Waals surface area contributed by atoms with Crippen LogP contribution in [0.15, 0.2) is 22.3 Å². The Morgan fingerprint density at radius 3 is 2.89 bits per heavy atom. The van der Waals surface area contributed by atoms with Crippen molar-refractivity contribution in [2.24, 2.45) is 5.92 Å². The molecule has 0 aliphatic heterocycles. The second-order valence-electron chi connectivity index (χ2n) is 7.63. The SMILES string of the molecule is CC[C@H](C(=O)N[C@H]1CCCC[C@H]1C)n1nc(C)n2c(cc3sccc32)c1=O. The van der Waals surface area contributed by atoms with E-state index >= 15 is 0 Å². The summed E-state index contributed by atoms with van der Waals surface area (Å²) >= 11 is 1.60. The molecule has 144 valence electrons. The van der Waals surface area contributed by atoms with Gasteiger partial charge in [-0.25, -0.2) is 4.68 Å². The van der Waals surface area contributed by atoms with Crippen molar-refractivity contribution in [3.05, 3.63) is 33.7 Å². The highest BCUT2D eigenvalue weighted by atomic mass is 32.1. The number of nitrogens with zero attached hydrogens (tertiary/aromatic N) is 3. The van der Waals surface area contributed by atoms with Crippen LogP contribution in [0.3, 0.4) is 0 Å². The standard InChI is InChI=1S/C20H26N4O2S/c1-4-15(19(25)21-14-8-6-5-7-12(14)2)24-20(26)17-11-18-16(9-10-27-18)23(17)13(3)22-24/h9-12,14-15H,4-8H2,1-3H3,(H,21,25)/t12-,14+,15-/m1/s1. The molecule has 6 nitrogen and oxygen atoms in total. The molecule has 0 spiro atoms. The first-order valence-electron chi connectivity index (χ1n) is 9.79. The number of carbonyl (C=O) groups is 1. The average Bonchev–Trinajstić information content (AvgIpc) is 3.23. The Labute approximate surface area is 162 Å². The number of thiophene rings is 1. The van der Waals surface area contributed by atoms with E-state index < -0.39 is 6.04 Å². The van der Waals surface area contributed by atoms with Crippen molar-refractivity contribution in [1.82, 2.24) is 19.5 Å². The molecular formula is C20H26N4O2S. The van der Waals surface area contributed by atoms with Crippen molar-refractivity contribution in [3.8, 4) is 0 Å². The second kappa shape index (κ2) is 7.11. The Morgan fingerprint density at radius 2 is 2.15 bits per heavy atom. The third-order valence-electron chi connectivity index (χ3n) is 5.85. The molecule has 0 saturated heterocycles. The molecule has 0 bridgehead atoms. The van der Waals surface area contributed by atoms with Gasteiger partial charge < -0.3 is 5.32 Å². The van der Waals surface area contributed by atoms with E-state index in [0.717, 1.165) is 35.3 Å². The monoisotopic (exact) mass is 386 g/mol. The maximum atomic E-state index is 13.1. The molecule has 0 aromatic carbocycles. The Kier molecular flexibility index (Phi) is 4.80. The zero-order valence-electron chi connectivity index (χ0n) is 16.1. The zero-order valence-corrected chi connectivity index (χ0v) is 16.9. The lowest BCUT2D eigenvalue weighted by Crippen LogP contribution is -2.46. The van der Waals surface area contributed by atoms with Crippen molar-refractivity contribution >= 4 is 33.0 Å². The van der Waals surface area contributed by atoms with Crippen molar-refractivity contribution in [3.63, 3.8) is 0 Å². The van der Waals surface area contributed by atoms with Crippen LogP contribution in [0.4, 0.5) is 0 Å². The molecule has 1 fully saturated rings. The molecule has 4 rings (SSSR count). The summed E-state index contributed by atoms with van der Waals surface area (Å²) < 4.78 is 4.33. The van der Waals surface area contributed by atoms with Crippen LogP contribution in [-0.4, -0.2) is 26.1 Å². The average molecular weight is 387 g/mol. The largest absolute Gasteiger partial charge is 0.351 e. The van der Waals surface area contributed by atoms with E-state index in [9.17, 15) is 9.59 Å². The molecule has 1 saturated carbocycles. The Hall–Kier alpha value is -2.15. The van der Waals surface area contributed by atoms with E-state index in [1.54, 1.807) is 11.3 Å². The van der Waals surface area contributed by atoms with Gasteiger partial charge in [0.15, 0.2) is 0 Å². The predicted octanol–water partition coefficient (Wildman–Crippen LogP) is 3.67. The van der Waals surface area contributed by atoms with Crippen molar-refractivity contribution in [2.75, 3.05) is 0 Å².